The van der Waals surface area contributed by atoms with Gasteiger partial charge in [0.25, 0.3) is 0 Å². The Balaban J connectivity index is 2.27. The van der Waals surface area contributed by atoms with Crippen LogP contribution in [0.2, 0.25) is 15.1 Å². The fourth-order valence-corrected chi connectivity index (χ4v) is 2.27. The highest BCUT2D eigenvalue weighted by atomic mass is 35.5. The maximum atomic E-state index is 12.1. The molecule has 18 heavy (non-hydrogen) atoms. The first-order valence-corrected chi connectivity index (χ1v) is 6.43. The third-order valence-corrected chi connectivity index (χ3v) is 3.74. The summed E-state index contributed by atoms with van der Waals surface area (Å²) in [7, 11) is 0. The van der Waals surface area contributed by atoms with Gasteiger partial charge in [-0.15, -0.1) is 0 Å². The van der Waals surface area contributed by atoms with Gasteiger partial charge in [-0.05, 0) is 23.8 Å². The quantitative estimate of drug-likeness (QED) is 0.723. The van der Waals surface area contributed by atoms with Crippen molar-refractivity contribution in [3.8, 4) is 0 Å². The Kier molecular flexibility index (Phi) is 4.28. The van der Waals surface area contributed by atoms with Gasteiger partial charge in [-0.2, -0.15) is 0 Å². The number of hydrogen-bond acceptors (Lipinski definition) is 1. The summed E-state index contributed by atoms with van der Waals surface area (Å²) >= 11 is 17.9. The largest absolute Gasteiger partial charge is 0.294 e. The van der Waals surface area contributed by atoms with Gasteiger partial charge in [-0.25, -0.2) is 0 Å². The standard InChI is InChI=1S/C14H9Cl3O/c15-11-6-2-1-5-10(11)13(18)8-9-4-3-7-12(16)14(9)17/h1-7H,8H2. The molecule has 0 bridgehead atoms. The zero-order valence-electron chi connectivity index (χ0n) is 9.29. The minimum Gasteiger partial charge on any atom is -0.294 e. The molecule has 0 unspecified atom stereocenters. The van der Waals surface area contributed by atoms with Crippen LogP contribution in [-0.4, -0.2) is 5.78 Å². The SMILES string of the molecule is O=C(Cc1cccc(Cl)c1Cl)c1ccccc1Cl. The topological polar surface area (TPSA) is 17.1 Å². The van der Waals surface area contributed by atoms with Crippen LogP contribution < -0.4 is 0 Å². The monoisotopic (exact) mass is 298 g/mol. The van der Waals surface area contributed by atoms with Gasteiger partial charge in [0, 0.05) is 12.0 Å². The Labute approximate surface area is 120 Å². The summed E-state index contributed by atoms with van der Waals surface area (Å²) in [4.78, 5) is 12.1. The van der Waals surface area contributed by atoms with E-state index in [1.165, 1.54) is 0 Å². The maximum absolute atomic E-state index is 12.1. The second-order valence-electron chi connectivity index (χ2n) is 3.79. The number of hydrogen-bond donors (Lipinski definition) is 0. The van der Waals surface area contributed by atoms with Crippen molar-refractivity contribution in [3.05, 3.63) is 68.7 Å². The number of rotatable bonds is 3. The Hall–Kier alpha value is -1.02. The van der Waals surface area contributed by atoms with Crippen LogP contribution in [0.5, 0.6) is 0 Å². The Morgan fingerprint density at radius 3 is 2.28 bits per heavy atom. The summed E-state index contributed by atoms with van der Waals surface area (Å²) in [5.74, 6) is -0.0789. The van der Waals surface area contributed by atoms with Gasteiger partial charge in [0.15, 0.2) is 5.78 Å². The van der Waals surface area contributed by atoms with E-state index in [1.54, 1.807) is 42.5 Å². The van der Waals surface area contributed by atoms with Crippen molar-refractivity contribution in [3.63, 3.8) is 0 Å². The predicted molar refractivity (Wildman–Crippen MR) is 75.9 cm³/mol. The molecule has 0 aliphatic heterocycles. The van der Waals surface area contributed by atoms with E-state index in [4.69, 9.17) is 34.8 Å². The third-order valence-electron chi connectivity index (χ3n) is 2.56. The van der Waals surface area contributed by atoms with Crippen molar-refractivity contribution in [2.24, 2.45) is 0 Å². The van der Waals surface area contributed by atoms with E-state index in [0.717, 1.165) is 0 Å². The number of Topliss-reactive ketones (excluding diaryl/α,β-unsaturated/α-hetero) is 1. The first-order valence-electron chi connectivity index (χ1n) is 5.30. The van der Waals surface area contributed by atoms with Gasteiger partial charge in [0.05, 0.1) is 15.1 Å². The summed E-state index contributed by atoms with van der Waals surface area (Å²) < 4.78 is 0. The van der Waals surface area contributed by atoms with Crippen LogP contribution in [0.3, 0.4) is 0 Å². The van der Waals surface area contributed by atoms with E-state index < -0.39 is 0 Å². The van der Waals surface area contributed by atoms with Gasteiger partial charge < -0.3 is 0 Å². The predicted octanol–water partition coefficient (Wildman–Crippen LogP) is 5.07. The molecule has 0 aromatic heterocycles. The molecule has 0 heterocycles. The molecule has 0 radical (unpaired) electrons. The number of halogens is 3. The molecule has 4 heteroatoms. The van der Waals surface area contributed by atoms with Crippen molar-refractivity contribution in [2.75, 3.05) is 0 Å². The minimum absolute atomic E-state index is 0.0789. The van der Waals surface area contributed by atoms with Gasteiger partial charge in [0.2, 0.25) is 0 Å². The molecule has 0 amide bonds. The van der Waals surface area contributed by atoms with Crippen molar-refractivity contribution < 1.29 is 4.79 Å². The molecule has 0 fully saturated rings. The van der Waals surface area contributed by atoms with Gasteiger partial charge >= 0.3 is 0 Å². The van der Waals surface area contributed by atoms with E-state index in [2.05, 4.69) is 0 Å². The molecule has 0 aliphatic rings. The molecule has 0 N–H and O–H groups in total. The van der Waals surface area contributed by atoms with Gasteiger partial charge in [0.1, 0.15) is 0 Å². The van der Waals surface area contributed by atoms with E-state index in [1.807, 2.05) is 0 Å². The lowest BCUT2D eigenvalue weighted by Crippen LogP contribution is -2.04. The van der Waals surface area contributed by atoms with Gasteiger partial charge in [-0.1, -0.05) is 59.1 Å². The number of ketones is 1. The summed E-state index contributed by atoms with van der Waals surface area (Å²) in [6.45, 7) is 0. The van der Waals surface area contributed by atoms with Crippen LogP contribution in [0.15, 0.2) is 42.5 Å². The highest BCUT2D eigenvalue weighted by Crippen LogP contribution is 2.27. The first-order chi connectivity index (χ1) is 8.59. The second kappa shape index (κ2) is 5.75. The molecule has 1 nitrogen and oxygen atoms in total. The maximum Gasteiger partial charge on any atom is 0.168 e. The van der Waals surface area contributed by atoms with E-state index in [0.29, 0.717) is 26.2 Å². The van der Waals surface area contributed by atoms with E-state index in [-0.39, 0.29) is 12.2 Å². The number of carbonyl (C=O) groups excluding carboxylic acids is 1. The fourth-order valence-electron chi connectivity index (χ4n) is 1.64. The smallest absolute Gasteiger partial charge is 0.168 e. The highest BCUT2D eigenvalue weighted by Gasteiger charge is 2.13. The number of carbonyl (C=O) groups is 1. The normalized spacial score (nSPS) is 10.4. The summed E-state index contributed by atoms with van der Waals surface area (Å²) in [5, 5.41) is 1.31. The molecule has 0 aliphatic carbocycles. The Morgan fingerprint density at radius 1 is 0.889 bits per heavy atom. The van der Waals surface area contributed by atoms with Crippen LogP contribution in [-0.2, 0) is 6.42 Å². The highest BCUT2D eigenvalue weighted by molar-refractivity contribution is 6.42. The molecule has 0 saturated heterocycles. The van der Waals surface area contributed by atoms with Crippen molar-refractivity contribution >= 4 is 40.6 Å². The van der Waals surface area contributed by atoms with Crippen molar-refractivity contribution in [2.45, 2.75) is 6.42 Å². The Morgan fingerprint density at radius 2 is 1.56 bits per heavy atom. The summed E-state index contributed by atoms with van der Waals surface area (Å²) in [6, 6.07) is 12.2. The zero-order valence-corrected chi connectivity index (χ0v) is 11.6. The second-order valence-corrected chi connectivity index (χ2v) is 4.99. The van der Waals surface area contributed by atoms with Crippen LogP contribution >= 0.6 is 34.8 Å². The summed E-state index contributed by atoms with van der Waals surface area (Å²) in [5.41, 5.74) is 1.20. The van der Waals surface area contributed by atoms with Crippen molar-refractivity contribution in [1.82, 2.24) is 0 Å². The molecule has 0 saturated carbocycles. The molecular weight excluding hydrogens is 291 g/mol. The lowest BCUT2D eigenvalue weighted by molar-refractivity contribution is 0.0993. The van der Waals surface area contributed by atoms with E-state index in [9.17, 15) is 4.79 Å². The van der Waals surface area contributed by atoms with Crippen molar-refractivity contribution in [1.29, 1.82) is 0 Å². The Bertz CT molecular complexity index is 593. The molecule has 92 valence electrons. The molecule has 2 aromatic carbocycles. The average Bonchev–Trinajstić information content (AvgIpc) is 2.35. The molecule has 2 aromatic rings. The van der Waals surface area contributed by atoms with E-state index >= 15 is 0 Å². The fraction of sp³-hybridized carbons (Fsp3) is 0.0714. The lowest BCUT2D eigenvalue weighted by atomic mass is 10.0. The molecule has 2 rings (SSSR count). The van der Waals surface area contributed by atoms with Crippen LogP contribution in [0, 0.1) is 0 Å². The average molecular weight is 300 g/mol. The number of benzene rings is 2. The minimum atomic E-state index is -0.0789. The molecule has 0 atom stereocenters. The first kappa shape index (κ1) is 13.4. The zero-order chi connectivity index (χ0) is 13.1. The molecule has 0 spiro atoms. The third kappa shape index (κ3) is 2.86. The molecular formula is C14H9Cl3O. The summed E-state index contributed by atoms with van der Waals surface area (Å²) in [6.07, 6.45) is 0.184. The van der Waals surface area contributed by atoms with Crippen LogP contribution in [0.4, 0.5) is 0 Å². The lowest BCUT2D eigenvalue weighted by Gasteiger charge is -2.06. The van der Waals surface area contributed by atoms with Crippen LogP contribution in [0.1, 0.15) is 15.9 Å². The van der Waals surface area contributed by atoms with Gasteiger partial charge in [-0.3, -0.25) is 4.79 Å². The van der Waals surface area contributed by atoms with Crippen LogP contribution in [0.25, 0.3) is 0 Å².